The van der Waals surface area contributed by atoms with Crippen LogP contribution in [-0.4, -0.2) is 19.4 Å². The summed E-state index contributed by atoms with van der Waals surface area (Å²) in [4.78, 5) is 24.1. The number of esters is 1. The van der Waals surface area contributed by atoms with Crippen LogP contribution in [0, 0.1) is 0 Å². The first kappa shape index (κ1) is 17.8. The number of fused-ring (bicyclic) bond motifs is 3. The fourth-order valence-electron chi connectivity index (χ4n) is 3.26. The maximum Gasteiger partial charge on any atom is 0.339 e. The number of carbonyl (C=O) groups excluding carboxylic acids is 2. The summed E-state index contributed by atoms with van der Waals surface area (Å²) >= 11 is 9.75. The molecule has 0 aliphatic carbocycles. The van der Waals surface area contributed by atoms with E-state index in [0.717, 1.165) is 10.8 Å². The SMILES string of the molecule is COC(=O)c1c(Br)ccc(-c2ccc(Cl)c3c2oc2ccccc23)c1C=O. The highest BCUT2D eigenvalue weighted by atomic mass is 79.9. The summed E-state index contributed by atoms with van der Waals surface area (Å²) < 4.78 is 11.4. The molecule has 0 atom stereocenters. The van der Waals surface area contributed by atoms with E-state index >= 15 is 0 Å². The van der Waals surface area contributed by atoms with Gasteiger partial charge in [-0.15, -0.1) is 0 Å². The van der Waals surface area contributed by atoms with Crippen LogP contribution < -0.4 is 0 Å². The molecule has 0 spiro atoms. The molecule has 0 radical (unpaired) electrons. The molecule has 4 nitrogen and oxygen atoms in total. The zero-order valence-corrected chi connectivity index (χ0v) is 16.4. The number of rotatable bonds is 3. The van der Waals surface area contributed by atoms with E-state index in [4.69, 9.17) is 20.8 Å². The third-order valence-corrected chi connectivity index (χ3v) is 5.44. The second-order valence-corrected chi connectivity index (χ2v) is 7.15. The van der Waals surface area contributed by atoms with Gasteiger partial charge in [-0.25, -0.2) is 4.79 Å². The number of ether oxygens (including phenoxy) is 1. The Morgan fingerprint density at radius 1 is 1.11 bits per heavy atom. The molecule has 4 aromatic rings. The van der Waals surface area contributed by atoms with Gasteiger partial charge in [0.25, 0.3) is 0 Å². The van der Waals surface area contributed by atoms with Crippen LogP contribution >= 0.6 is 27.5 Å². The van der Waals surface area contributed by atoms with Crippen molar-refractivity contribution in [3.63, 3.8) is 0 Å². The van der Waals surface area contributed by atoms with Gasteiger partial charge in [0.1, 0.15) is 11.2 Å². The predicted octanol–water partition coefficient (Wildman–Crippen LogP) is 6.27. The van der Waals surface area contributed by atoms with Crippen LogP contribution in [0.1, 0.15) is 20.7 Å². The Morgan fingerprint density at radius 3 is 2.59 bits per heavy atom. The summed E-state index contributed by atoms with van der Waals surface area (Å²) in [5.74, 6) is -0.597. The van der Waals surface area contributed by atoms with Crippen LogP contribution in [0.15, 0.2) is 57.4 Å². The van der Waals surface area contributed by atoms with E-state index in [-0.39, 0.29) is 11.1 Å². The van der Waals surface area contributed by atoms with Gasteiger partial charge in [0.05, 0.1) is 17.7 Å². The first-order valence-corrected chi connectivity index (χ1v) is 9.20. The molecule has 0 fully saturated rings. The fourth-order valence-corrected chi connectivity index (χ4v) is 4.02. The zero-order valence-electron chi connectivity index (χ0n) is 14.1. The van der Waals surface area contributed by atoms with Crippen molar-refractivity contribution in [3.8, 4) is 11.1 Å². The second kappa shape index (κ2) is 6.83. The average Bonchev–Trinajstić information content (AvgIpc) is 3.08. The molecule has 0 bridgehead atoms. The van der Waals surface area contributed by atoms with Gasteiger partial charge in [0, 0.05) is 26.4 Å². The first-order chi connectivity index (χ1) is 13.1. The van der Waals surface area contributed by atoms with Crippen molar-refractivity contribution in [2.24, 2.45) is 0 Å². The summed E-state index contributed by atoms with van der Waals surface area (Å²) in [6, 6.07) is 14.6. The van der Waals surface area contributed by atoms with Crippen LogP contribution in [0.2, 0.25) is 5.02 Å². The number of furan rings is 1. The molecule has 0 unspecified atom stereocenters. The molecule has 0 aliphatic heterocycles. The van der Waals surface area contributed by atoms with E-state index in [1.165, 1.54) is 7.11 Å². The summed E-state index contributed by atoms with van der Waals surface area (Å²) in [6.45, 7) is 0. The summed E-state index contributed by atoms with van der Waals surface area (Å²) in [5.41, 5.74) is 2.88. The van der Waals surface area contributed by atoms with Crippen molar-refractivity contribution in [1.82, 2.24) is 0 Å². The second-order valence-electron chi connectivity index (χ2n) is 5.89. The molecule has 0 saturated carbocycles. The molecule has 0 amide bonds. The molecule has 4 rings (SSSR count). The Hall–Kier alpha value is -2.63. The lowest BCUT2D eigenvalue weighted by Crippen LogP contribution is -2.08. The largest absolute Gasteiger partial charge is 0.465 e. The quantitative estimate of drug-likeness (QED) is 0.277. The van der Waals surface area contributed by atoms with E-state index in [9.17, 15) is 9.59 Å². The van der Waals surface area contributed by atoms with Crippen molar-refractivity contribution in [2.75, 3.05) is 7.11 Å². The number of methoxy groups -OCH3 is 1. The molecule has 134 valence electrons. The Bertz CT molecular complexity index is 1230. The number of aldehydes is 1. The van der Waals surface area contributed by atoms with Crippen molar-refractivity contribution in [2.45, 2.75) is 0 Å². The fraction of sp³-hybridized carbons (Fsp3) is 0.0476. The number of carbonyl (C=O) groups is 2. The molecule has 1 aromatic heterocycles. The zero-order chi connectivity index (χ0) is 19.1. The minimum Gasteiger partial charge on any atom is -0.465 e. The van der Waals surface area contributed by atoms with Crippen molar-refractivity contribution in [3.05, 3.63) is 69.2 Å². The predicted molar refractivity (Wildman–Crippen MR) is 109 cm³/mol. The van der Waals surface area contributed by atoms with Gasteiger partial charge in [-0.3, -0.25) is 4.79 Å². The highest BCUT2D eigenvalue weighted by molar-refractivity contribution is 9.10. The molecule has 27 heavy (non-hydrogen) atoms. The topological polar surface area (TPSA) is 56.5 Å². The molecule has 1 heterocycles. The van der Waals surface area contributed by atoms with Crippen molar-refractivity contribution < 1.29 is 18.7 Å². The molecule has 0 aliphatic rings. The Labute approximate surface area is 167 Å². The maximum atomic E-state index is 12.2. The third-order valence-electron chi connectivity index (χ3n) is 4.47. The number of para-hydroxylation sites is 1. The van der Waals surface area contributed by atoms with Crippen LogP contribution in [-0.2, 0) is 4.74 Å². The van der Waals surface area contributed by atoms with Gasteiger partial charge in [-0.1, -0.05) is 35.9 Å². The Kier molecular flexibility index (Phi) is 4.50. The van der Waals surface area contributed by atoms with Crippen molar-refractivity contribution in [1.29, 1.82) is 0 Å². The lowest BCUT2D eigenvalue weighted by atomic mass is 9.94. The maximum absolute atomic E-state index is 12.2. The molecular weight excluding hydrogens is 432 g/mol. The van der Waals surface area contributed by atoms with Gasteiger partial charge in [-0.05, 0) is 45.8 Å². The van der Waals surface area contributed by atoms with Crippen molar-refractivity contribution >= 4 is 61.7 Å². The third kappa shape index (κ3) is 2.74. The molecule has 6 heteroatoms. The number of hydrogen-bond donors (Lipinski definition) is 0. The monoisotopic (exact) mass is 442 g/mol. The van der Waals surface area contributed by atoms with Crippen LogP contribution in [0.3, 0.4) is 0 Å². The molecule has 0 N–H and O–H groups in total. The van der Waals surface area contributed by atoms with E-state index in [1.54, 1.807) is 24.3 Å². The Morgan fingerprint density at radius 2 is 1.85 bits per heavy atom. The van der Waals surface area contributed by atoms with Gasteiger partial charge in [-0.2, -0.15) is 0 Å². The van der Waals surface area contributed by atoms with E-state index in [0.29, 0.717) is 38.1 Å². The Balaban J connectivity index is 2.11. The van der Waals surface area contributed by atoms with E-state index < -0.39 is 5.97 Å². The molecule has 3 aromatic carbocycles. The van der Waals surface area contributed by atoms with Crippen LogP contribution in [0.4, 0.5) is 0 Å². The van der Waals surface area contributed by atoms with Gasteiger partial charge in [0.2, 0.25) is 0 Å². The lowest BCUT2D eigenvalue weighted by Gasteiger charge is -2.12. The normalized spacial score (nSPS) is 11.1. The van der Waals surface area contributed by atoms with Crippen LogP contribution in [0.25, 0.3) is 33.1 Å². The average molecular weight is 444 g/mol. The number of hydrogen-bond acceptors (Lipinski definition) is 4. The molecule has 0 saturated heterocycles. The minimum atomic E-state index is -0.597. The molecular formula is C21H12BrClO4. The standard InChI is InChI=1S/C21H12BrClO4/c1-26-21(25)18-14(10-24)11(6-8-15(18)22)12-7-9-16(23)19-13-4-2-3-5-17(13)27-20(12)19/h2-10H,1H3. The van der Waals surface area contributed by atoms with Gasteiger partial charge < -0.3 is 9.15 Å². The lowest BCUT2D eigenvalue weighted by molar-refractivity contribution is 0.0597. The summed E-state index contributed by atoms with van der Waals surface area (Å²) in [7, 11) is 1.27. The summed E-state index contributed by atoms with van der Waals surface area (Å²) in [5, 5.41) is 2.21. The number of benzene rings is 3. The number of halogens is 2. The highest BCUT2D eigenvalue weighted by Gasteiger charge is 2.23. The smallest absolute Gasteiger partial charge is 0.339 e. The van der Waals surface area contributed by atoms with E-state index in [1.807, 2.05) is 24.3 Å². The highest BCUT2D eigenvalue weighted by Crippen LogP contribution is 2.41. The van der Waals surface area contributed by atoms with E-state index in [2.05, 4.69) is 15.9 Å². The summed E-state index contributed by atoms with van der Waals surface area (Å²) in [6.07, 6.45) is 0.648. The minimum absolute atomic E-state index is 0.171. The van der Waals surface area contributed by atoms with Gasteiger partial charge >= 0.3 is 5.97 Å². The van der Waals surface area contributed by atoms with Gasteiger partial charge in [0.15, 0.2) is 6.29 Å². The first-order valence-electron chi connectivity index (χ1n) is 8.03. The van der Waals surface area contributed by atoms with Crippen LogP contribution in [0.5, 0.6) is 0 Å².